The summed E-state index contributed by atoms with van der Waals surface area (Å²) >= 11 is 0. The molecule has 1 saturated heterocycles. The van der Waals surface area contributed by atoms with Crippen LogP contribution in [0, 0.1) is 0 Å². The van der Waals surface area contributed by atoms with Gasteiger partial charge in [-0.25, -0.2) is 0 Å². The number of nitrogens with two attached hydrogens (primary N) is 1. The molecule has 0 aromatic rings. The molecule has 20 heavy (non-hydrogen) atoms. The van der Waals surface area contributed by atoms with E-state index in [0.29, 0.717) is 6.04 Å². The maximum Gasteiger partial charge on any atom is 0.325 e. The summed E-state index contributed by atoms with van der Waals surface area (Å²) in [6.07, 6.45) is 4.90. The fourth-order valence-corrected chi connectivity index (χ4v) is 3.65. The zero-order chi connectivity index (χ0) is 14.6. The highest BCUT2D eigenvalue weighted by Gasteiger charge is 2.42. The molecular weight excluding hydrogens is 254 g/mol. The Labute approximate surface area is 122 Å². The highest BCUT2D eigenvalue weighted by molar-refractivity contribution is 5.80. The Morgan fingerprint density at radius 3 is 2.65 bits per heavy atom. The van der Waals surface area contributed by atoms with Crippen molar-refractivity contribution in [2.24, 2.45) is 5.73 Å². The third-order valence-corrected chi connectivity index (χ3v) is 4.82. The first-order valence-corrected chi connectivity index (χ1v) is 7.93. The van der Waals surface area contributed by atoms with Crippen LogP contribution in [0.2, 0.25) is 0 Å². The first-order chi connectivity index (χ1) is 9.59. The Morgan fingerprint density at radius 1 is 1.35 bits per heavy atom. The van der Waals surface area contributed by atoms with Gasteiger partial charge in [-0.2, -0.15) is 0 Å². The molecule has 116 valence electrons. The number of carbonyl (C=O) groups excluding carboxylic acids is 1. The molecule has 0 radical (unpaired) electrons. The van der Waals surface area contributed by atoms with Crippen LogP contribution in [-0.4, -0.2) is 67.2 Å². The Kier molecular flexibility index (Phi) is 5.41. The quantitative estimate of drug-likeness (QED) is 0.774. The number of methoxy groups -OCH3 is 1. The van der Waals surface area contributed by atoms with Gasteiger partial charge in [0.2, 0.25) is 0 Å². The third-order valence-electron chi connectivity index (χ3n) is 4.82. The van der Waals surface area contributed by atoms with Crippen LogP contribution >= 0.6 is 0 Å². The largest absolute Gasteiger partial charge is 0.468 e. The van der Waals surface area contributed by atoms with Crippen molar-refractivity contribution >= 4 is 5.97 Å². The maximum absolute atomic E-state index is 11.9. The zero-order valence-electron chi connectivity index (χ0n) is 12.9. The highest BCUT2D eigenvalue weighted by atomic mass is 16.5. The fraction of sp³-hybridized carbons (Fsp3) is 0.933. The molecule has 5 heteroatoms. The minimum atomic E-state index is -0.766. The summed E-state index contributed by atoms with van der Waals surface area (Å²) < 4.78 is 4.89. The lowest BCUT2D eigenvalue weighted by molar-refractivity contribution is -0.149. The van der Waals surface area contributed by atoms with Gasteiger partial charge in [0, 0.05) is 32.2 Å². The smallest absolute Gasteiger partial charge is 0.325 e. The second kappa shape index (κ2) is 6.87. The molecule has 0 amide bonds. The summed E-state index contributed by atoms with van der Waals surface area (Å²) in [6.45, 7) is 7.90. The van der Waals surface area contributed by atoms with E-state index in [0.717, 1.165) is 51.9 Å². The fourth-order valence-electron chi connectivity index (χ4n) is 3.65. The van der Waals surface area contributed by atoms with E-state index in [2.05, 4.69) is 16.7 Å². The van der Waals surface area contributed by atoms with Crippen LogP contribution in [0.1, 0.15) is 39.0 Å². The molecule has 2 N–H and O–H groups in total. The van der Waals surface area contributed by atoms with Gasteiger partial charge in [0.05, 0.1) is 7.11 Å². The Morgan fingerprint density at radius 2 is 2.05 bits per heavy atom. The molecule has 0 bridgehead atoms. The molecule has 0 spiro atoms. The number of ether oxygens (including phenoxy) is 1. The molecule has 5 nitrogen and oxygen atoms in total. The van der Waals surface area contributed by atoms with E-state index in [9.17, 15) is 4.79 Å². The molecule has 2 aliphatic rings. The normalized spacial score (nSPS) is 33.0. The number of carbonyl (C=O) groups is 1. The Hall–Kier alpha value is -0.650. The van der Waals surface area contributed by atoms with E-state index in [-0.39, 0.29) is 5.97 Å². The molecule has 2 unspecified atom stereocenters. The van der Waals surface area contributed by atoms with E-state index in [1.54, 1.807) is 0 Å². The van der Waals surface area contributed by atoms with Crippen molar-refractivity contribution in [1.82, 2.24) is 9.80 Å². The first kappa shape index (κ1) is 15.7. The van der Waals surface area contributed by atoms with Crippen molar-refractivity contribution in [1.29, 1.82) is 0 Å². The van der Waals surface area contributed by atoms with E-state index < -0.39 is 5.54 Å². The second-order valence-electron chi connectivity index (χ2n) is 6.28. The van der Waals surface area contributed by atoms with Crippen LogP contribution in [0.3, 0.4) is 0 Å². The number of nitrogens with zero attached hydrogens (tertiary/aromatic N) is 2. The molecule has 1 heterocycles. The number of hydrogen-bond acceptors (Lipinski definition) is 5. The van der Waals surface area contributed by atoms with Crippen molar-refractivity contribution in [2.75, 3.05) is 39.8 Å². The first-order valence-electron chi connectivity index (χ1n) is 7.93. The van der Waals surface area contributed by atoms with Crippen molar-refractivity contribution < 1.29 is 9.53 Å². The lowest BCUT2D eigenvalue weighted by atomic mass is 9.79. The topological polar surface area (TPSA) is 58.8 Å². The average Bonchev–Trinajstić information content (AvgIpc) is 2.47. The van der Waals surface area contributed by atoms with Gasteiger partial charge in [-0.3, -0.25) is 9.69 Å². The highest BCUT2D eigenvalue weighted by Crippen LogP contribution is 2.31. The number of hydrogen-bond donors (Lipinski definition) is 1. The summed E-state index contributed by atoms with van der Waals surface area (Å²) in [5.74, 6) is -0.244. The minimum Gasteiger partial charge on any atom is -0.468 e. The van der Waals surface area contributed by atoms with Crippen LogP contribution in [0.5, 0.6) is 0 Å². The summed E-state index contributed by atoms with van der Waals surface area (Å²) in [4.78, 5) is 16.9. The molecule has 2 fully saturated rings. The van der Waals surface area contributed by atoms with E-state index in [1.165, 1.54) is 20.1 Å². The molecule has 1 aliphatic heterocycles. The third kappa shape index (κ3) is 3.51. The summed E-state index contributed by atoms with van der Waals surface area (Å²) in [6, 6.07) is 0.441. The lowest BCUT2D eigenvalue weighted by Crippen LogP contribution is -2.58. The van der Waals surface area contributed by atoms with Gasteiger partial charge in [0.15, 0.2) is 0 Å². The van der Waals surface area contributed by atoms with Crippen LogP contribution in [-0.2, 0) is 9.53 Å². The van der Waals surface area contributed by atoms with Crippen LogP contribution in [0.25, 0.3) is 0 Å². The van der Waals surface area contributed by atoms with E-state index in [1.807, 2.05) is 0 Å². The predicted molar refractivity (Wildman–Crippen MR) is 79.5 cm³/mol. The van der Waals surface area contributed by atoms with Gasteiger partial charge in [-0.1, -0.05) is 6.92 Å². The van der Waals surface area contributed by atoms with Gasteiger partial charge < -0.3 is 15.4 Å². The van der Waals surface area contributed by atoms with E-state index in [4.69, 9.17) is 10.5 Å². The summed E-state index contributed by atoms with van der Waals surface area (Å²) in [7, 11) is 1.43. The standard InChI is InChI=1S/C15H29N3O2/c1-3-7-17-8-10-18(11-9-17)13-5-4-6-15(16,12-13)14(19)20-2/h13H,3-12,16H2,1-2H3. The minimum absolute atomic E-state index is 0.244. The molecule has 1 saturated carbocycles. The van der Waals surface area contributed by atoms with Crippen molar-refractivity contribution in [3.63, 3.8) is 0 Å². The van der Waals surface area contributed by atoms with E-state index >= 15 is 0 Å². The lowest BCUT2D eigenvalue weighted by Gasteiger charge is -2.44. The van der Waals surface area contributed by atoms with Crippen molar-refractivity contribution in [2.45, 2.75) is 50.6 Å². The number of piperazine rings is 1. The van der Waals surface area contributed by atoms with Gasteiger partial charge in [0.1, 0.15) is 5.54 Å². The van der Waals surface area contributed by atoms with Crippen LogP contribution in [0.15, 0.2) is 0 Å². The van der Waals surface area contributed by atoms with Gasteiger partial charge in [-0.15, -0.1) is 0 Å². The predicted octanol–water partition coefficient (Wildman–Crippen LogP) is 0.827. The van der Waals surface area contributed by atoms with Gasteiger partial charge in [-0.05, 0) is 38.6 Å². The summed E-state index contributed by atoms with van der Waals surface area (Å²) in [5, 5.41) is 0. The van der Waals surface area contributed by atoms with Crippen LogP contribution < -0.4 is 5.73 Å². The monoisotopic (exact) mass is 283 g/mol. The second-order valence-corrected chi connectivity index (χ2v) is 6.28. The molecule has 0 aromatic carbocycles. The summed E-state index contributed by atoms with van der Waals surface area (Å²) in [5.41, 5.74) is 5.51. The average molecular weight is 283 g/mol. The Bertz CT molecular complexity index is 329. The molecule has 2 atom stereocenters. The molecule has 2 rings (SSSR count). The zero-order valence-corrected chi connectivity index (χ0v) is 12.9. The molecule has 0 aromatic heterocycles. The molecular formula is C15H29N3O2. The number of esters is 1. The number of rotatable bonds is 4. The van der Waals surface area contributed by atoms with Crippen molar-refractivity contribution in [3.05, 3.63) is 0 Å². The Balaban J connectivity index is 1.89. The van der Waals surface area contributed by atoms with Crippen LogP contribution in [0.4, 0.5) is 0 Å². The SMILES string of the molecule is CCCN1CCN(C2CCCC(N)(C(=O)OC)C2)CC1. The van der Waals surface area contributed by atoms with Gasteiger partial charge >= 0.3 is 5.97 Å². The maximum atomic E-state index is 11.9. The molecule has 1 aliphatic carbocycles. The van der Waals surface area contributed by atoms with Crippen molar-refractivity contribution in [3.8, 4) is 0 Å². The van der Waals surface area contributed by atoms with Gasteiger partial charge in [0.25, 0.3) is 0 Å².